The second kappa shape index (κ2) is 67.1. The van der Waals surface area contributed by atoms with E-state index in [1.165, 1.54) is 186 Å². The molecule has 0 amide bonds. The molecule has 0 N–H and O–H groups in total. The molecular formula is C73H128O6. The fourth-order valence-corrected chi connectivity index (χ4v) is 9.80. The topological polar surface area (TPSA) is 78.9 Å². The smallest absolute Gasteiger partial charge is 0.306 e. The van der Waals surface area contributed by atoms with E-state index in [1.807, 2.05) is 0 Å². The monoisotopic (exact) mass is 1100 g/mol. The summed E-state index contributed by atoms with van der Waals surface area (Å²) in [6.45, 7) is 6.54. The maximum atomic E-state index is 12.9. The minimum absolute atomic E-state index is 0.0827. The maximum absolute atomic E-state index is 12.9. The molecule has 79 heavy (non-hydrogen) atoms. The van der Waals surface area contributed by atoms with Gasteiger partial charge in [0, 0.05) is 19.3 Å². The summed E-state index contributed by atoms with van der Waals surface area (Å²) in [5.74, 6) is -0.888. The van der Waals surface area contributed by atoms with Crippen LogP contribution in [0.2, 0.25) is 0 Å². The quantitative estimate of drug-likeness (QED) is 0.0261. The number of hydrogen-bond acceptors (Lipinski definition) is 6. The van der Waals surface area contributed by atoms with Crippen LogP contribution in [0.4, 0.5) is 0 Å². The lowest BCUT2D eigenvalue weighted by Crippen LogP contribution is -2.30. The molecule has 6 heteroatoms. The average Bonchev–Trinajstić information content (AvgIpc) is 3.45. The number of rotatable bonds is 62. The predicted octanol–water partition coefficient (Wildman–Crippen LogP) is 23.4. The minimum Gasteiger partial charge on any atom is -0.462 e. The molecule has 0 aromatic heterocycles. The predicted molar refractivity (Wildman–Crippen MR) is 344 cm³/mol. The third-order valence-electron chi connectivity index (χ3n) is 14.9. The zero-order valence-electron chi connectivity index (χ0n) is 52.4. The van der Waals surface area contributed by atoms with Crippen LogP contribution < -0.4 is 0 Å². The van der Waals surface area contributed by atoms with E-state index in [-0.39, 0.29) is 31.1 Å². The normalized spacial score (nSPS) is 12.6. The summed E-state index contributed by atoms with van der Waals surface area (Å²) in [4.78, 5) is 38.4. The Hall–Kier alpha value is -3.41. The third-order valence-corrected chi connectivity index (χ3v) is 14.9. The number of esters is 3. The molecule has 0 fully saturated rings. The van der Waals surface area contributed by atoms with E-state index in [0.717, 1.165) is 116 Å². The molecule has 0 saturated carbocycles. The molecule has 1 atom stereocenters. The van der Waals surface area contributed by atoms with Gasteiger partial charge in [0.25, 0.3) is 0 Å². The van der Waals surface area contributed by atoms with Crippen molar-refractivity contribution in [3.63, 3.8) is 0 Å². The molecule has 0 saturated heterocycles. The first kappa shape index (κ1) is 75.6. The van der Waals surface area contributed by atoms with Crippen LogP contribution in [0.1, 0.15) is 342 Å². The van der Waals surface area contributed by atoms with E-state index in [4.69, 9.17) is 14.2 Å². The van der Waals surface area contributed by atoms with Gasteiger partial charge in [0.1, 0.15) is 13.2 Å². The van der Waals surface area contributed by atoms with Crippen molar-refractivity contribution in [1.82, 2.24) is 0 Å². The van der Waals surface area contributed by atoms with Crippen molar-refractivity contribution in [2.24, 2.45) is 0 Å². The van der Waals surface area contributed by atoms with Gasteiger partial charge >= 0.3 is 17.9 Å². The summed E-state index contributed by atoms with van der Waals surface area (Å²) in [5.41, 5.74) is 0. The summed E-state index contributed by atoms with van der Waals surface area (Å²) < 4.78 is 16.9. The minimum atomic E-state index is -0.786. The highest BCUT2D eigenvalue weighted by molar-refractivity contribution is 5.71. The van der Waals surface area contributed by atoms with Gasteiger partial charge in [-0.25, -0.2) is 0 Å². The molecule has 0 bridgehead atoms. The number of unbranched alkanes of at least 4 members (excludes halogenated alkanes) is 37. The molecule has 0 aliphatic heterocycles. The van der Waals surface area contributed by atoms with Crippen LogP contribution in [0.25, 0.3) is 0 Å². The molecule has 0 rings (SSSR count). The molecular weight excluding hydrogens is 973 g/mol. The van der Waals surface area contributed by atoms with Gasteiger partial charge in [-0.15, -0.1) is 0 Å². The van der Waals surface area contributed by atoms with Gasteiger partial charge in [0.15, 0.2) is 6.10 Å². The molecule has 6 nitrogen and oxygen atoms in total. The van der Waals surface area contributed by atoms with Crippen molar-refractivity contribution in [2.75, 3.05) is 13.2 Å². The molecule has 0 aromatic carbocycles. The van der Waals surface area contributed by atoms with Gasteiger partial charge in [0.2, 0.25) is 0 Å². The summed E-state index contributed by atoms with van der Waals surface area (Å²) in [6, 6.07) is 0. The van der Waals surface area contributed by atoms with Gasteiger partial charge in [-0.1, -0.05) is 311 Å². The first-order valence-corrected chi connectivity index (χ1v) is 34.1. The van der Waals surface area contributed by atoms with Crippen molar-refractivity contribution in [3.05, 3.63) is 85.1 Å². The van der Waals surface area contributed by atoms with Crippen LogP contribution in [0.3, 0.4) is 0 Å². The van der Waals surface area contributed by atoms with Crippen molar-refractivity contribution < 1.29 is 28.6 Å². The maximum Gasteiger partial charge on any atom is 0.306 e. The number of carbonyl (C=O) groups excluding carboxylic acids is 3. The molecule has 0 aliphatic rings. The number of hydrogen-bond donors (Lipinski definition) is 0. The summed E-state index contributed by atoms with van der Waals surface area (Å²) in [7, 11) is 0. The van der Waals surface area contributed by atoms with Gasteiger partial charge in [-0.3, -0.25) is 14.4 Å². The zero-order chi connectivity index (χ0) is 57.1. The Balaban J connectivity index is 4.32. The second-order valence-electron chi connectivity index (χ2n) is 22.7. The zero-order valence-corrected chi connectivity index (χ0v) is 52.4. The summed E-state index contributed by atoms with van der Waals surface area (Å²) in [6.07, 6.45) is 88.9. The Labute approximate surface area is 490 Å². The van der Waals surface area contributed by atoms with E-state index in [1.54, 1.807) is 0 Å². The number of carbonyl (C=O) groups is 3. The lowest BCUT2D eigenvalue weighted by molar-refractivity contribution is -0.167. The average molecular weight is 1100 g/mol. The third kappa shape index (κ3) is 65.3. The van der Waals surface area contributed by atoms with E-state index < -0.39 is 6.10 Å². The van der Waals surface area contributed by atoms with Crippen molar-refractivity contribution in [3.8, 4) is 0 Å². The highest BCUT2D eigenvalue weighted by Gasteiger charge is 2.19. The number of allylic oxidation sites excluding steroid dienone is 14. The highest BCUT2D eigenvalue weighted by atomic mass is 16.6. The Morgan fingerprint density at radius 3 is 0.797 bits per heavy atom. The van der Waals surface area contributed by atoms with Gasteiger partial charge in [-0.05, 0) is 96.3 Å². The molecule has 456 valence electrons. The molecule has 1 unspecified atom stereocenters. The van der Waals surface area contributed by atoms with Crippen LogP contribution in [0.5, 0.6) is 0 Å². The van der Waals surface area contributed by atoms with Crippen LogP contribution in [-0.2, 0) is 28.6 Å². The first-order valence-electron chi connectivity index (χ1n) is 34.1. The van der Waals surface area contributed by atoms with Gasteiger partial charge in [-0.2, -0.15) is 0 Å². The van der Waals surface area contributed by atoms with Gasteiger partial charge in [0.05, 0.1) is 0 Å². The largest absolute Gasteiger partial charge is 0.462 e. The number of ether oxygens (including phenoxy) is 3. The summed E-state index contributed by atoms with van der Waals surface area (Å²) in [5, 5.41) is 0. The second-order valence-corrected chi connectivity index (χ2v) is 22.7. The Morgan fingerprint density at radius 2 is 0.494 bits per heavy atom. The molecule has 0 aromatic rings. The highest BCUT2D eigenvalue weighted by Crippen LogP contribution is 2.17. The first-order chi connectivity index (χ1) is 39.0. The lowest BCUT2D eigenvalue weighted by Gasteiger charge is -2.18. The lowest BCUT2D eigenvalue weighted by atomic mass is 10.0. The van der Waals surface area contributed by atoms with E-state index in [2.05, 4.69) is 106 Å². The van der Waals surface area contributed by atoms with E-state index in [0.29, 0.717) is 19.3 Å². The SMILES string of the molecule is CC/C=C\C/C=C\C/C=C\C/C=C\C/C=C\C/C=C\CCCCCCCCC(=O)OCC(COC(=O)CCCCCCC/C=C\CCCCCC)OC(=O)CCCCCCCCCCCCCCCCCCCCCCCCC. The standard InChI is InChI=1S/C73H128O6/c1-4-7-10-13-16-19-22-25-27-29-31-33-35-36-38-39-41-43-45-48-51-54-57-60-63-66-72(75)78-69-70(68-77-71(74)65-62-59-56-53-50-47-24-21-18-15-12-9-6-3)79-73(76)67-64-61-58-55-52-49-46-44-42-40-37-34-32-30-28-26-23-20-17-14-11-8-5-2/h7,10,16,19,21,24-25,27,31,33,36,38,41,43,70H,4-6,8-9,11-15,17-18,20,22-23,26,28-30,32,34-35,37,39-40,42,44-69H2,1-3H3/b10-7-,19-16-,24-21-,27-25-,33-31-,38-36-,43-41-. The molecule has 0 aliphatic carbocycles. The van der Waals surface area contributed by atoms with Crippen LogP contribution in [-0.4, -0.2) is 37.2 Å². The van der Waals surface area contributed by atoms with Crippen LogP contribution in [0, 0.1) is 0 Å². The Morgan fingerprint density at radius 1 is 0.266 bits per heavy atom. The van der Waals surface area contributed by atoms with Crippen molar-refractivity contribution >= 4 is 17.9 Å². The van der Waals surface area contributed by atoms with E-state index in [9.17, 15) is 14.4 Å². The van der Waals surface area contributed by atoms with Crippen molar-refractivity contribution in [1.29, 1.82) is 0 Å². The molecule has 0 radical (unpaired) electrons. The Kier molecular flexibility index (Phi) is 64.2. The van der Waals surface area contributed by atoms with E-state index >= 15 is 0 Å². The van der Waals surface area contributed by atoms with Crippen molar-refractivity contribution in [2.45, 2.75) is 348 Å². The molecule has 0 spiro atoms. The Bertz CT molecular complexity index is 1500. The summed E-state index contributed by atoms with van der Waals surface area (Å²) >= 11 is 0. The van der Waals surface area contributed by atoms with Gasteiger partial charge < -0.3 is 14.2 Å². The molecule has 0 heterocycles. The van der Waals surface area contributed by atoms with Crippen LogP contribution >= 0.6 is 0 Å². The fraction of sp³-hybridized carbons (Fsp3) is 0.767. The fourth-order valence-electron chi connectivity index (χ4n) is 9.80. The van der Waals surface area contributed by atoms with Crippen LogP contribution in [0.15, 0.2) is 85.1 Å².